The normalized spacial score (nSPS) is 11.5. The molecule has 0 aliphatic carbocycles. The molecule has 0 aliphatic heterocycles. The molecular weight excluding hydrogens is 290 g/mol. The molecule has 0 aliphatic rings. The van der Waals surface area contributed by atoms with Crippen molar-refractivity contribution in [1.29, 1.82) is 0 Å². The number of alkyl halides is 1. The van der Waals surface area contributed by atoms with E-state index in [1.54, 1.807) is 6.92 Å². The lowest BCUT2D eigenvalue weighted by Gasteiger charge is -2.08. The summed E-state index contributed by atoms with van der Waals surface area (Å²) in [5, 5.41) is 5.06. The number of aromatic nitrogens is 1. The maximum atomic E-state index is 11.4. The summed E-state index contributed by atoms with van der Waals surface area (Å²) in [6.45, 7) is 1.76. The molecule has 0 bridgehead atoms. The molecule has 0 fully saturated rings. The van der Waals surface area contributed by atoms with Gasteiger partial charge in [-0.25, -0.2) is 14.6 Å². The summed E-state index contributed by atoms with van der Waals surface area (Å²) < 4.78 is 4.56. The highest BCUT2D eigenvalue weighted by atomic mass is 79.9. The number of hydrogen-bond acceptors (Lipinski definition) is 4. The average Bonchev–Trinajstić information content (AvgIpc) is 2.27. The van der Waals surface area contributed by atoms with Crippen LogP contribution in [0.5, 0.6) is 0 Å². The highest BCUT2D eigenvalue weighted by molar-refractivity contribution is 9.09. The van der Waals surface area contributed by atoms with E-state index < -0.39 is 12.0 Å². The number of rotatable bonds is 3. The number of carbonyl (C=O) groups excluding carboxylic acids is 2. The van der Waals surface area contributed by atoms with Crippen LogP contribution in [0.25, 0.3) is 0 Å². The maximum absolute atomic E-state index is 11.4. The van der Waals surface area contributed by atoms with Crippen LogP contribution in [-0.4, -0.2) is 29.0 Å². The molecule has 92 valence electrons. The van der Waals surface area contributed by atoms with E-state index in [1.165, 1.54) is 25.4 Å². The minimum atomic E-state index is -0.482. The first-order chi connectivity index (χ1) is 8.02. The van der Waals surface area contributed by atoms with Crippen molar-refractivity contribution < 1.29 is 14.3 Å². The smallest absolute Gasteiger partial charge is 0.338 e. The van der Waals surface area contributed by atoms with Gasteiger partial charge in [0.25, 0.3) is 0 Å². The zero-order chi connectivity index (χ0) is 12.8. The van der Waals surface area contributed by atoms with E-state index in [-0.39, 0.29) is 10.8 Å². The molecule has 2 amide bonds. The molecule has 6 nitrogen and oxygen atoms in total. The minimum absolute atomic E-state index is 0.161. The van der Waals surface area contributed by atoms with Crippen LogP contribution in [-0.2, 0) is 4.74 Å². The molecule has 17 heavy (non-hydrogen) atoms. The van der Waals surface area contributed by atoms with Crippen LogP contribution in [0.15, 0.2) is 18.3 Å². The molecule has 1 atom stereocenters. The van der Waals surface area contributed by atoms with Gasteiger partial charge in [0, 0.05) is 6.20 Å². The van der Waals surface area contributed by atoms with Crippen molar-refractivity contribution >= 4 is 33.7 Å². The van der Waals surface area contributed by atoms with E-state index in [9.17, 15) is 9.59 Å². The van der Waals surface area contributed by atoms with Crippen LogP contribution in [0.2, 0.25) is 0 Å². The fourth-order valence-electron chi connectivity index (χ4n) is 1.08. The lowest BCUT2D eigenvalue weighted by atomic mass is 10.2. The molecule has 0 radical (unpaired) electrons. The van der Waals surface area contributed by atoms with Gasteiger partial charge in [-0.15, -0.1) is 0 Å². The third kappa shape index (κ3) is 4.39. The molecule has 1 aromatic heterocycles. The van der Waals surface area contributed by atoms with E-state index in [1.807, 2.05) is 0 Å². The second-order valence-electron chi connectivity index (χ2n) is 3.14. The molecule has 1 aromatic rings. The Morgan fingerprint density at radius 3 is 2.82 bits per heavy atom. The van der Waals surface area contributed by atoms with Crippen molar-refractivity contribution in [2.75, 3.05) is 12.4 Å². The van der Waals surface area contributed by atoms with Gasteiger partial charge in [-0.05, 0) is 19.1 Å². The Bertz CT molecular complexity index is 423. The Morgan fingerprint density at radius 2 is 2.24 bits per heavy atom. The number of carbonyl (C=O) groups is 2. The van der Waals surface area contributed by atoms with Crippen molar-refractivity contribution in [3.63, 3.8) is 0 Å². The van der Waals surface area contributed by atoms with Crippen molar-refractivity contribution in [3.05, 3.63) is 23.9 Å². The van der Waals surface area contributed by atoms with Gasteiger partial charge >= 0.3 is 12.0 Å². The number of pyridine rings is 1. The van der Waals surface area contributed by atoms with Gasteiger partial charge in [0.1, 0.15) is 5.82 Å². The summed E-state index contributed by atoms with van der Waals surface area (Å²) in [4.78, 5) is 26.4. The monoisotopic (exact) mass is 301 g/mol. The fourth-order valence-corrected chi connectivity index (χ4v) is 1.28. The van der Waals surface area contributed by atoms with Crippen molar-refractivity contribution in [2.45, 2.75) is 11.9 Å². The van der Waals surface area contributed by atoms with Gasteiger partial charge in [0.2, 0.25) is 0 Å². The predicted molar refractivity (Wildman–Crippen MR) is 66.1 cm³/mol. The number of halogens is 1. The number of methoxy groups -OCH3 is 1. The highest BCUT2D eigenvalue weighted by Gasteiger charge is 2.09. The Kier molecular flexibility index (Phi) is 4.89. The summed E-state index contributed by atoms with van der Waals surface area (Å²) in [6.07, 6.45) is 1.42. The van der Waals surface area contributed by atoms with Gasteiger partial charge in [0.15, 0.2) is 0 Å². The Labute approximate surface area is 107 Å². The molecule has 1 unspecified atom stereocenters. The first-order valence-corrected chi connectivity index (χ1v) is 5.70. The quantitative estimate of drug-likeness (QED) is 0.506. The standard InChI is InChI=1S/C10H12BrN3O3/c1-6(11)13-10(16)14-8-5-7(3-4-12-8)9(15)17-2/h3-6H,1-2H3,(H2,12,13,14,16). The van der Waals surface area contributed by atoms with E-state index in [0.29, 0.717) is 5.56 Å². The van der Waals surface area contributed by atoms with Crippen LogP contribution in [0.1, 0.15) is 17.3 Å². The predicted octanol–water partition coefficient (Wildman–Crippen LogP) is 1.73. The van der Waals surface area contributed by atoms with E-state index in [2.05, 4.69) is 36.3 Å². The number of anilines is 1. The SMILES string of the molecule is COC(=O)c1ccnc(NC(=O)NC(C)Br)c1. The maximum Gasteiger partial charge on any atom is 0.338 e. The number of nitrogens with one attached hydrogen (secondary N) is 2. The lowest BCUT2D eigenvalue weighted by molar-refractivity contribution is 0.0600. The van der Waals surface area contributed by atoms with Crippen LogP contribution < -0.4 is 10.6 Å². The number of urea groups is 1. The Morgan fingerprint density at radius 1 is 1.53 bits per heavy atom. The molecule has 0 saturated carbocycles. The molecule has 0 saturated heterocycles. The second-order valence-corrected chi connectivity index (χ2v) is 4.51. The molecule has 2 N–H and O–H groups in total. The first kappa shape index (κ1) is 13.4. The summed E-state index contributed by atoms with van der Waals surface area (Å²) >= 11 is 3.17. The summed E-state index contributed by atoms with van der Waals surface area (Å²) in [6, 6.07) is 2.52. The summed E-state index contributed by atoms with van der Waals surface area (Å²) in [5.74, 6) is -0.205. The molecule has 7 heteroatoms. The number of nitrogens with zero attached hydrogens (tertiary/aromatic N) is 1. The van der Waals surface area contributed by atoms with Crippen molar-refractivity contribution in [1.82, 2.24) is 10.3 Å². The van der Waals surface area contributed by atoms with E-state index in [0.717, 1.165) is 0 Å². The Hall–Kier alpha value is -1.63. The van der Waals surface area contributed by atoms with Gasteiger partial charge < -0.3 is 10.1 Å². The van der Waals surface area contributed by atoms with Crippen molar-refractivity contribution in [3.8, 4) is 0 Å². The number of esters is 1. The lowest BCUT2D eigenvalue weighted by Crippen LogP contribution is -2.32. The highest BCUT2D eigenvalue weighted by Crippen LogP contribution is 2.08. The molecule has 1 rings (SSSR count). The third-order valence-electron chi connectivity index (χ3n) is 1.75. The number of ether oxygens (including phenoxy) is 1. The Balaban J connectivity index is 2.72. The van der Waals surface area contributed by atoms with Crippen LogP contribution in [0, 0.1) is 0 Å². The third-order valence-corrected chi connectivity index (χ3v) is 1.98. The van der Waals surface area contributed by atoms with Gasteiger partial charge in [0.05, 0.1) is 17.6 Å². The van der Waals surface area contributed by atoms with Crippen molar-refractivity contribution in [2.24, 2.45) is 0 Å². The molecule has 1 heterocycles. The van der Waals surface area contributed by atoms with E-state index in [4.69, 9.17) is 0 Å². The van der Waals surface area contributed by atoms with E-state index >= 15 is 0 Å². The van der Waals surface area contributed by atoms with Crippen LogP contribution in [0.3, 0.4) is 0 Å². The first-order valence-electron chi connectivity index (χ1n) is 4.79. The van der Waals surface area contributed by atoms with Gasteiger partial charge in [-0.2, -0.15) is 0 Å². The summed E-state index contributed by atoms with van der Waals surface area (Å²) in [5.41, 5.74) is 0.324. The molecule has 0 aromatic carbocycles. The largest absolute Gasteiger partial charge is 0.465 e. The van der Waals surface area contributed by atoms with Gasteiger partial charge in [-0.3, -0.25) is 5.32 Å². The zero-order valence-corrected chi connectivity index (χ0v) is 10.9. The average molecular weight is 302 g/mol. The topological polar surface area (TPSA) is 80.3 Å². The fraction of sp³-hybridized carbons (Fsp3) is 0.300. The molecular formula is C10H12BrN3O3. The minimum Gasteiger partial charge on any atom is -0.465 e. The second kappa shape index (κ2) is 6.19. The zero-order valence-electron chi connectivity index (χ0n) is 9.36. The van der Waals surface area contributed by atoms with Crippen LogP contribution >= 0.6 is 15.9 Å². The number of amides is 2. The summed E-state index contributed by atoms with van der Waals surface area (Å²) in [7, 11) is 1.29. The molecule has 0 spiro atoms. The number of hydrogen-bond donors (Lipinski definition) is 2. The van der Waals surface area contributed by atoms with Crippen LogP contribution in [0.4, 0.5) is 10.6 Å². The van der Waals surface area contributed by atoms with Gasteiger partial charge in [-0.1, -0.05) is 15.9 Å².